The number of nitrogens with zero attached hydrogens (tertiary/aromatic N) is 3. The number of rotatable bonds is 4. The number of hydrogen-bond acceptors (Lipinski definition) is 5. The van der Waals surface area contributed by atoms with Gasteiger partial charge in [0.05, 0.1) is 5.54 Å². The Morgan fingerprint density at radius 2 is 2.17 bits per heavy atom. The van der Waals surface area contributed by atoms with Crippen LogP contribution in [-0.2, 0) is 12.0 Å². The predicted molar refractivity (Wildman–Crippen MR) is 75.2 cm³/mol. The maximum atomic E-state index is 5.98. The van der Waals surface area contributed by atoms with Crippen LogP contribution in [0.2, 0.25) is 5.15 Å². The van der Waals surface area contributed by atoms with Crippen molar-refractivity contribution in [2.45, 2.75) is 32.7 Å². The van der Waals surface area contributed by atoms with Crippen LogP contribution in [0.1, 0.15) is 31.6 Å². The third-order valence-corrected chi connectivity index (χ3v) is 3.76. The highest BCUT2D eigenvalue weighted by atomic mass is 35.5. The normalized spacial score (nSPS) is 11.6. The van der Waals surface area contributed by atoms with E-state index in [2.05, 4.69) is 34.1 Å². The summed E-state index contributed by atoms with van der Waals surface area (Å²) in [5.74, 6) is 1.46. The topological polar surface area (TPSA) is 50.7 Å². The molecule has 0 aliphatic heterocycles. The van der Waals surface area contributed by atoms with Gasteiger partial charge in [-0.1, -0.05) is 18.5 Å². The summed E-state index contributed by atoms with van der Waals surface area (Å²) in [4.78, 5) is 12.9. The number of anilines is 1. The van der Waals surface area contributed by atoms with E-state index in [1.54, 1.807) is 23.6 Å². The molecular weight excluding hydrogens is 268 g/mol. The largest absolute Gasteiger partial charge is 0.359 e. The fourth-order valence-corrected chi connectivity index (χ4v) is 2.51. The van der Waals surface area contributed by atoms with Crippen molar-refractivity contribution < 1.29 is 0 Å². The first-order valence-electron chi connectivity index (χ1n) is 5.73. The summed E-state index contributed by atoms with van der Waals surface area (Å²) >= 11 is 7.59. The monoisotopic (exact) mass is 282 g/mol. The van der Waals surface area contributed by atoms with E-state index < -0.39 is 0 Å². The Labute approximate surface area is 115 Å². The molecule has 2 rings (SSSR count). The molecule has 18 heavy (non-hydrogen) atoms. The highest BCUT2D eigenvalue weighted by molar-refractivity contribution is 7.09. The first-order valence-corrected chi connectivity index (χ1v) is 6.98. The standard InChI is InChI=1S/C12H15ClN4S/c1-4-9-15-8(13)7-10(16-9)17-12(2,3)11-14-5-6-18-11/h5-7H,4H2,1-3H3,(H,15,16,17). The third-order valence-electron chi connectivity index (χ3n) is 2.46. The molecule has 0 fully saturated rings. The van der Waals surface area contributed by atoms with Gasteiger partial charge in [-0.15, -0.1) is 11.3 Å². The number of thiazole rings is 1. The summed E-state index contributed by atoms with van der Waals surface area (Å²) < 4.78 is 0. The maximum Gasteiger partial charge on any atom is 0.134 e. The Kier molecular flexibility index (Phi) is 3.82. The molecule has 0 atom stereocenters. The third kappa shape index (κ3) is 2.97. The zero-order chi connectivity index (χ0) is 13.2. The molecule has 6 heteroatoms. The van der Waals surface area contributed by atoms with Crippen LogP contribution in [0.4, 0.5) is 5.82 Å². The summed E-state index contributed by atoms with van der Waals surface area (Å²) in [7, 11) is 0. The molecule has 0 aliphatic rings. The zero-order valence-electron chi connectivity index (χ0n) is 10.6. The van der Waals surface area contributed by atoms with Crippen molar-refractivity contribution in [1.82, 2.24) is 15.0 Å². The molecule has 2 aromatic rings. The van der Waals surface area contributed by atoms with Crippen molar-refractivity contribution >= 4 is 28.8 Å². The molecule has 2 aromatic heterocycles. The Hall–Kier alpha value is -1.20. The molecular formula is C12H15ClN4S. The van der Waals surface area contributed by atoms with E-state index in [9.17, 15) is 0 Å². The van der Waals surface area contributed by atoms with Crippen molar-refractivity contribution in [3.8, 4) is 0 Å². The van der Waals surface area contributed by atoms with Gasteiger partial charge in [-0.2, -0.15) is 0 Å². The molecule has 1 N–H and O–H groups in total. The lowest BCUT2D eigenvalue weighted by molar-refractivity contribution is 0.600. The summed E-state index contributed by atoms with van der Waals surface area (Å²) in [6, 6.07) is 1.73. The molecule has 0 aromatic carbocycles. The molecule has 0 radical (unpaired) electrons. The summed E-state index contributed by atoms with van der Waals surface area (Å²) in [6.45, 7) is 6.13. The zero-order valence-corrected chi connectivity index (χ0v) is 12.1. The van der Waals surface area contributed by atoms with Gasteiger partial charge in [0.1, 0.15) is 21.8 Å². The van der Waals surface area contributed by atoms with Gasteiger partial charge in [-0.3, -0.25) is 0 Å². The molecule has 0 bridgehead atoms. The average molecular weight is 283 g/mol. The fourth-order valence-electron chi connectivity index (χ4n) is 1.59. The van der Waals surface area contributed by atoms with E-state index >= 15 is 0 Å². The number of aromatic nitrogens is 3. The highest BCUT2D eigenvalue weighted by Gasteiger charge is 2.23. The smallest absolute Gasteiger partial charge is 0.134 e. The van der Waals surface area contributed by atoms with Crippen LogP contribution >= 0.6 is 22.9 Å². The van der Waals surface area contributed by atoms with Gasteiger partial charge in [-0.05, 0) is 13.8 Å². The predicted octanol–water partition coefficient (Wildman–Crippen LogP) is 3.50. The van der Waals surface area contributed by atoms with Crippen molar-refractivity contribution in [2.24, 2.45) is 0 Å². The summed E-state index contributed by atoms with van der Waals surface area (Å²) in [6.07, 6.45) is 2.56. The molecule has 2 heterocycles. The average Bonchev–Trinajstić information content (AvgIpc) is 2.81. The second-order valence-electron chi connectivity index (χ2n) is 4.43. The van der Waals surface area contributed by atoms with Crippen LogP contribution in [0.25, 0.3) is 0 Å². The fraction of sp³-hybridized carbons (Fsp3) is 0.417. The van der Waals surface area contributed by atoms with E-state index in [-0.39, 0.29) is 5.54 Å². The minimum atomic E-state index is -0.281. The summed E-state index contributed by atoms with van der Waals surface area (Å²) in [5, 5.41) is 6.78. The van der Waals surface area contributed by atoms with Crippen molar-refractivity contribution in [3.05, 3.63) is 33.6 Å². The van der Waals surface area contributed by atoms with Crippen LogP contribution in [0.15, 0.2) is 17.6 Å². The van der Waals surface area contributed by atoms with Crippen LogP contribution in [0.5, 0.6) is 0 Å². The molecule has 0 saturated carbocycles. The molecule has 0 unspecified atom stereocenters. The van der Waals surface area contributed by atoms with Gasteiger partial charge >= 0.3 is 0 Å². The Bertz CT molecular complexity index is 525. The van der Waals surface area contributed by atoms with E-state index in [0.29, 0.717) is 5.15 Å². The van der Waals surface area contributed by atoms with Gasteiger partial charge in [0.15, 0.2) is 0 Å². The Balaban J connectivity index is 2.26. The van der Waals surface area contributed by atoms with Gasteiger partial charge in [-0.25, -0.2) is 15.0 Å². The van der Waals surface area contributed by atoms with Crippen molar-refractivity contribution in [2.75, 3.05) is 5.32 Å². The maximum absolute atomic E-state index is 5.98. The number of nitrogens with one attached hydrogen (secondary N) is 1. The minimum Gasteiger partial charge on any atom is -0.359 e. The van der Waals surface area contributed by atoms with Gasteiger partial charge < -0.3 is 5.32 Å². The Morgan fingerprint density at radius 1 is 1.39 bits per heavy atom. The van der Waals surface area contributed by atoms with E-state index in [1.165, 1.54) is 0 Å². The first kappa shape index (κ1) is 13.2. The molecule has 0 amide bonds. The number of aryl methyl sites for hydroxylation is 1. The molecule has 0 saturated heterocycles. The lowest BCUT2D eigenvalue weighted by Gasteiger charge is -2.24. The minimum absolute atomic E-state index is 0.281. The van der Waals surface area contributed by atoms with Gasteiger partial charge in [0.25, 0.3) is 0 Å². The molecule has 0 aliphatic carbocycles. The van der Waals surface area contributed by atoms with Gasteiger partial charge in [0.2, 0.25) is 0 Å². The second kappa shape index (κ2) is 5.20. The molecule has 0 spiro atoms. The molecule has 4 nitrogen and oxygen atoms in total. The highest BCUT2D eigenvalue weighted by Crippen LogP contribution is 2.27. The van der Waals surface area contributed by atoms with Crippen LogP contribution in [-0.4, -0.2) is 15.0 Å². The van der Waals surface area contributed by atoms with E-state index in [0.717, 1.165) is 23.1 Å². The Morgan fingerprint density at radius 3 is 2.78 bits per heavy atom. The summed E-state index contributed by atoms with van der Waals surface area (Å²) in [5.41, 5.74) is -0.281. The van der Waals surface area contributed by atoms with E-state index in [4.69, 9.17) is 11.6 Å². The first-order chi connectivity index (χ1) is 8.51. The lowest BCUT2D eigenvalue weighted by Crippen LogP contribution is -2.28. The van der Waals surface area contributed by atoms with Crippen molar-refractivity contribution in [3.63, 3.8) is 0 Å². The van der Waals surface area contributed by atoms with Crippen LogP contribution < -0.4 is 5.32 Å². The van der Waals surface area contributed by atoms with Crippen molar-refractivity contribution in [1.29, 1.82) is 0 Å². The van der Waals surface area contributed by atoms with Crippen LogP contribution in [0.3, 0.4) is 0 Å². The second-order valence-corrected chi connectivity index (χ2v) is 5.71. The quantitative estimate of drug-likeness (QED) is 0.872. The number of hydrogen-bond donors (Lipinski definition) is 1. The van der Waals surface area contributed by atoms with Crippen LogP contribution in [0, 0.1) is 0 Å². The SMILES string of the molecule is CCc1nc(Cl)cc(NC(C)(C)c2nccs2)n1. The van der Waals surface area contributed by atoms with Gasteiger partial charge in [0, 0.05) is 24.1 Å². The molecule has 96 valence electrons. The lowest BCUT2D eigenvalue weighted by atomic mass is 10.1. The number of halogens is 1. The van der Waals surface area contributed by atoms with E-state index in [1.807, 2.05) is 12.3 Å².